The van der Waals surface area contributed by atoms with Crippen LogP contribution in [0.4, 0.5) is 23.5 Å². The largest absolute Gasteiger partial charge is 0.416 e. The van der Waals surface area contributed by atoms with Crippen molar-refractivity contribution in [3.8, 4) is 0 Å². The van der Waals surface area contributed by atoms with Crippen molar-refractivity contribution in [2.45, 2.75) is 19.4 Å². The molecule has 138 valence electrons. The molecule has 6 nitrogen and oxygen atoms in total. The van der Waals surface area contributed by atoms with Gasteiger partial charge in [-0.1, -0.05) is 12.1 Å². The summed E-state index contributed by atoms with van der Waals surface area (Å²) in [6, 6.07) is 4.54. The Morgan fingerprint density at radius 1 is 1.19 bits per heavy atom. The van der Waals surface area contributed by atoms with Gasteiger partial charge in [-0.3, -0.25) is 9.78 Å². The molecule has 0 aliphatic rings. The Labute approximate surface area is 145 Å². The van der Waals surface area contributed by atoms with Gasteiger partial charge in [-0.15, -0.1) is 0 Å². The van der Waals surface area contributed by atoms with Crippen molar-refractivity contribution in [2.24, 2.45) is 0 Å². The zero-order valence-electron chi connectivity index (χ0n) is 13.9. The Bertz CT molecular complexity index is 989. The molecule has 0 radical (unpaired) electrons. The zero-order chi connectivity index (χ0) is 19.1. The maximum atomic E-state index is 13.2. The summed E-state index contributed by atoms with van der Waals surface area (Å²) < 4.78 is 52.5. The van der Waals surface area contributed by atoms with E-state index in [-0.39, 0.29) is 29.2 Å². The number of rotatable bonds is 4. The lowest BCUT2D eigenvalue weighted by atomic mass is 10.1. The number of H-pyrrole nitrogens is 1. The van der Waals surface area contributed by atoms with Gasteiger partial charge in [0.15, 0.2) is 5.65 Å². The number of halogens is 4. The zero-order valence-corrected chi connectivity index (χ0v) is 13.9. The molecule has 0 atom stereocenters. The van der Waals surface area contributed by atoms with E-state index in [0.29, 0.717) is 5.56 Å². The third-order valence-electron chi connectivity index (χ3n) is 3.83. The van der Waals surface area contributed by atoms with Crippen LogP contribution in [0.2, 0.25) is 0 Å². The highest BCUT2D eigenvalue weighted by atomic mass is 19.4. The smallest absolute Gasteiger partial charge is 0.348 e. The molecule has 0 saturated heterocycles. The number of alkyl halides is 4. The van der Waals surface area contributed by atoms with Gasteiger partial charge in [0.05, 0.1) is 12.1 Å². The van der Waals surface area contributed by atoms with E-state index < -0.39 is 24.0 Å². The summed E-state index contributed by atoms with van der Waals surface area (Å²) in [6.45, 7) is -0.902. The first-order valence-electron chi connectivity index (χ1n) is 7.60. The molecule has 3 rings (SSSR count). The summed E-state index contributed by atoms with van der Waals surface area (Å²) in [7, 11) is 3.35. The molecule has 0 unspecified atom stereocenters. The predicted molar refractivity (Wildman–Crippen MR) is 87.8 cm³/mol. The van der Waals surface area contributed by atoms with Crippen molar-refractivity contribution in [3.05, 3.63) is 51.4 Å². The lowest BCUT2D eigenvalue weighted by Gasteiger charge is -2.11. The summed E-state index contributed by atoms with van der Waals surface area (Å²) >= 11 is 0. The van der Waals surface area contributed by atoms with Crippen LogP contribution in [0.1, 0.15) is 16.8 Å². The highest BCUT2D eigenvalue weighted by Crippen LogP contribution is 2.29. The number of fused-ring (bicyclic) bond motifs is 1. The van der Waals surface area contributed by atoms with Crippen LogP contribution in [0.25, 0.3) is 11.0 Å². The van der Waals surface area contributed by atoms with Crippen LogP contribution >= 0.6 is 0 Å². The van der Waals surface area contributed by atoms with Gasteiger partial charge in [-0.2, -0.15) is 23.3 Å². The quantitative estimate of drug-likeness (QED) is 0.718. The van der Waals surface area contributed by atoms with E-state index in [1.54, 1.807) is 19.0 Å². The molecule has 0 aliphatic heterocycles. The van der Waals surface area contributed by atoms with Gasteiger partial charge in [0.25, 0.3) is 5.56 Å². The lowest BCUT2D eigenvalue weighted by molar-refractivity contribution is -0.137. The molecule has 3 aromatic rings. The maximum absolute atomic E-state index is 13.2. The van der Waals surface area contributed by atoms with Crippen LogP contribution in [0.5, 0.6) is 0 Å². The Kier molecular flexibility index (Phi) is 4.43. The number of aromatic amines is 1. The summed E-state index contributed by atoms with van der Waals surface area (Å²) in [6.07, 6.45) is -4.42. The van der Waals surface area contributed by atoms with Gasteiger partial charge in [0.2, 0.25) is 5.95 Å². The number of hydrogen-bond donors (Lipinski definition) is 1. The summed E-state index contributed by atoms with van der Waals surface area (Å²) in [5, 5.41) is 4.09. The number of nitrogens with one attached hydrogen (secondary N) is 1. The topological polar surface area (TPSA) is 66.8 Å². The third-order valence-corrected chi connectivity index (χ3v) is 3.83. The third kappa shape index (κ3) is 3.26. The molecule has 0 saturated carbocycles. The first-order chi connectivity index (χ1) is 12.2. The van der Waals surface area contributed by atoms with Crippen molar-refractivity contribution in [3.63, 3.8) is 0 Å². The van der Waals surface area contributed by atoms with Crippen LogP contribution < -0.4 is 10.5 Å². The Hall–Kier alpha value is -2.91. The van der Waals surface area contributed by atoms with E-state index in [1.807, 2.05) is 0 Å². The fraction of sp³-hybridized carbons (Fsp3) is 0.312. The van der Waals surface area contributed by atoms with Crippen molar-refractivity contribution in [1.82, 2.24) is 19.7 Å². The number of anilines is 1. The highest BCUT2D eigenvalue weighted by Gasteiger charge is 2.30. The molecule has 0 bridgehead atoms. The SMILES string of the molecule is CN(C)c1nc2c(c(CF)nn2Cc2ccc(C(F)(F)F)cc2)c(=O)[nH]1. The summed E-state index contributed by atoms with van der Waals surface area (Å²) in [5.74, 6) is 0.265. The molecular formula is C16H15F4N5O. The van der Waals surface area contributed by atoms with E-state index in [0.717, 1.165) is 12.1 Å². The Balaban J connectivity index is 2.06. The number of nitrogens with zero attached hydrogens (tertiary/aromatic N) is 4. The van der Waals surface area contributed by atoms with Gasteiger partial charge in [-0.25, -0.2) is 9.07 Å². The maximum Gasteiger partial charge on any atom is 0.416 e. The second kappa shape index (κ2) is 6.43. The van der Waals surface area contributed by atoms with Crippen molar-refractivity contribution >= 4 is 17.0 Å². The normalized spacial score (nSPS) is 11.9. The lowest BCUT2D eigenvalue weighted by Crippen LogP contribution is -2.19. The summed E-state index contributed by atoms with van der Waals surface area (Å²) in [4.78, 5) is 20.6. The predicted octanol–water partition coefficient (Wildman–Crippen LogP) is 2.72. The number of hydrogen-bond acceptors (Lipinski definition) is 4. The number of benzene rings is 1. The average molecular weight is 369 g/mol. The molecule has 2 heterocycles. The van der Waals surface area contributed by atoms with Crippen LogP contribution in [0.15, 0.2) is 29.1 Å². The van der Waals surface area contributed by atoms with Crippen LogP contribution in [0, 0.1) is 0 Å². The van der Waals surface area contributed by atoms with Crippen molar-refractivity contribution in [1.29, 1.82) is 0 Å². The van der Waals surface area contributed by atoms with Crippen LogP contribution in [0.3, 0.4) is 0 Å². The van der Waals surface area contributed by atoms with Crippen molar-refractivity contribution < 1.29 is 17.6 Å². The second-order valence-corrected chi connectivity index (χ2v) is 5.92. The first-order valence-corrected chi connectivity index (χ1v) is 7.60. The molecule has 1 aromatic carbocycles. The van der Waals surface area contributed by atoms with Gasteiger partial charge in [-0.05, 0) is 17.7 Å². The molecular weight excluding hydrogens is 354 g/mol. The molecule has 0 aliphatic carbocycles. The standard InChI is InChI=1S/C16H15F4N5O/c1-24(2)15-21-13-12(14(26)22-15)11(7-17)23-25(13)8-9-3-5-10(6-4-9)16(18,19)20/h3-6H,7-8H2,1-2H3,(H,21,22,26). The van der Waals surface area contributed by atoms with E-state index in [9.17, 15) is 22.4 Å². The van der Waals surface area contributed by atoms with E-state index >= 15 is 0 Å². The van der Waals surface area contributed by atoms with Gasteiger partial charge in [0, 0.05) is 14.1 Å². The average Bonchev–Trinajstić information content (AvgIpc) is 2.93. The molecule has 0 amide bonds. The van der Waals surface area contributed by atoms with E-state index in [2.05, 4.69) is 15.1 Å². The molecule has 0 spiro atoms. The first kappa shape index (κ1) is 17.9. The van der Waals surface area contributed by atoms with Crippen LogP contribution in [-0.2, 0) is 19.4 Å². The Morgan fingerprint density at radius 2 is 1.85 bits per heavy atom. The molecule has 26 heavy (non-hydrogen) atoms. The van der Waals surface area contributed by atoms with Gasteiger partial charge < -0.3 is 4.90 Å². The molecule has 1 N–H and O–H groups in total. The fourth-order valence-corrected chi connectivity index (χ4v) is 2.53. The van der Waals surface area contributed by atoms with E-state index in [4.69, 9.17) is 0 Å². The molecule has 10 heteroatoms. The second-order valence-electron chi connectivity index (χ2n) is 5.92. The fourth-order valence-electron chi connectivity index (χ4n) is 2.53. The Morgan fingerprint density at radius 3 is 2.38 bits per heavy atom. The van der Waals surface area contributed by atoms with Crippen LogP contribution in [-0.4, -0.2) is 33.8 Å². The molecule has 2 aromatic heterocycles. The number of aromatic nitrogens is 4. The monoisotopic (exact) mass is 369 g/mol. The minimum absolute atomic E-state index is 0.0324. The minimum atomic E-state index is -4.42. The molecule has 0 fully saturated rings. The summed E-state index contributed by atoms with van der Waals surface area (Å²) in [5.41, 5.74) is -0.664. The van der Waals surface area contributed by atoms with Gasteiger partial charge in [0.1, 0.15) is 17.8 Å². The van der Waals surface area contributed by atoms with E-state index in [1.165, 1.54) is 16.8 Å². The van der Waals surface area contributed by atoms with Gasteiger partial charge >= 0.3 is 6.18 Å². The minimum Gasteiger partial charge on any atom is -0.348 e. The highest BCUT2D eigenvalue weighted by molar-refractivity contribution is 5.78. The van der Waals surface area contributed by atoms with Crippen molar-refractivity contribution in [2.75, 3.05) is 19.0 Å².